The molecule has 0 aromatic carbocycles. The topological polar surface area (TPSA) is 57.5 Å². The van der Waals surface area contributed by atoms with E-state index in [1.165, 1.54) is 18.4 Å². The monoisotopic (exact) mass is 442 g/mol. The van der Waals surface area contributed by atoms with E-state index < -0.39 is 11.7 Å². The predicted molar refractivity (Wildman–Crippen MR) is 130 cm³/mol. The maximum Gasteiger partial charge on any atom is 0.162 e. The number of rotatable bonds is 5. The first-order valence-electron chi connectivity index (χ1n) is 13.2. The summed E-state index contributed by atoms with van der Waals surface area (Å²) >= 11 is 0. The van der Waals surface area contributed by atoms with Crippen molar-refractivity contribution in [3.63, 3.8) is 0 Å². The maximum absolute atomic E-state index is 13.6. The van der Waals surface area contributed by atoms with Crippen molar-refractivity contribution < 1.29 is 15.0 Å². The van der Waals surface area contributed by atoms with Crippen LogP contribution >= 0.6 is 0 Å². The molecule has 3 heteroatoms. The normalized spacial score (nSPS) is 43.7. The third-order valence-electron chi connectivity index (χ3n) is 11.0. The molecule has 0 aliphatic heterocycles. The number of ketones is 1. The Hall–Kier alpha value is -0.930. The van der Waals surface area contributed by atoms with Crippen LogP contribution in [-0.4, -0.2) is 27.7 Å². The highest BCUT2D eigenvalue weighted by Gasteiger charge is 2.65. The van der Waals surface area contributed by atoms with E-state index in [0.717, 1.165) is 42.7 Å². The molecule has 0 radical (unpaired) electrons. The zero-order chi connectivity index (χ0) is 23.6. The standard InChI is InChI=1S/C29H46O3/c1-17(2)18(3)8-9-19(4)21-11-15-29(32)26-22(10-14-28(21,29)7)27(6)13-12-24(30)20(5)23(27)16-25(26)31/h17-19,21,23-24,30,32H,5,8-16H2,1-4,6-7H3/t18-,19-,21-,23+,24+,27-,28-,29+/m1/s1. The van der Waals surface area contributed by atoms with Gasteiger partial charge in [0, 0.05) is 17.4 Å². The smallest absolute Gasteiger partial charge is 0.162 e. The van der Waals surface area contributed by atoms with Crippen molar-refractivity contribution in [1.29, 1.82) is 0 Å². The molecular weight excluding hydrogens is 396 g/mol. The number of aliphatic hydroxyl groups excluding tert-OH is 1. The van der Waals surface area contributed by atoms with Gasteiger partial charge in [-0.15, -0.1) is 0 Å². The van der Waals surface area contributed by atoms with Crippen molar-refractivity contribution in [1.82, 2.24) is 0 Å². The molecule has 3 nitrogen and oxygen atoms in total. The second-order valence-corrected chi connectivity index (χ2v) is 12.8. The van der Waals surface area contributed by atoms with Crippen LogP contribution in [0.5, 0.6) is 0 Å². The van der Waals surface area contributed by atoms with E-state index >= 15 is 0 Å². The molecule has 2 N–H and O–H groups in total. The zero-order valence-electron chi connectivity index (χ0n) is 21.3. The molecule has 4 rings (SSSR count). The summed E-state index contributed by atoms with van der Waals surface area (Å²) in [7, 11) is 0. The summed E-state index contributed by atoms with van der Waals surface area (Å²) in [4.78, 5) is 13.6. The van der Waals surface area contributed by atoms with E-state index in [9.17, 15) is 15.0 Å². The summed E-state index contributed by atoms with van der Waals surface area (Å²) in [6.07, 6.45) is 7.52. The van der Waals surface area contributed by atoms with Crippen LogP contribution in [0, 0.1) is 40.4 Å². The average Bonchev–Trinajstić information content (AvgIpc) is 3.01. The van der Waals surface area contributed by atoms with E-state index in [1.807, 2.05) is 0 Å². The molecule has 4 aliphatic carbocycles. The molecule has 8 atom stereocenters. The average molecular weight is 443 g/mol. The number of hydrogen-bond acceptors (Lipinski definition) is 3. The second-order valence-electron chi connectivity index (χ2n) is 12.8. The van der Waals surface area contributed by atoms with Crippen LogP contribution in [0.1, 0.15) is 99.3 Å². The van der Waals surface area contributed by atoms with Crippen LogP contribution in [0.15, 0.2) is 23.3 Å². The van der Waals surface area contributed by atoms with Gasteiger partial charge in [-0.3, -0.25) is 4.79 Å². The molecule has 180 valence electrons. The molecule has 0 unspecified atom stereocenters. The molecule has 0 saturated heterocycles. The molecule has 0 heterocycles. The fourth-order valence-corrected chi connectivity index (χ4v) is 8.22. The molecule has 0 amide bonds. The van der Waals surface area contributed by atoms with Gasteiger partial charge >= 0.3 is 0 Å². The number of fused-ring (bicyclic) bond motifs is 4. The van der Waals surface area contributed by atoms with Crippen molar-refractivity contribution in [2.45, 2.75) is 111 Å². The number of aliphatic hydroxyl groups is 2. The summed E-state index contributed by atoms with van der Waals surface area (Å²) in [5, 5.41) is 22.7. The first-order valence-corrected chi connectivity index (χ1v) is 13.2. The Morgan fingerprint density at radius 1 is 1.06 bits per heavy atom. The number of Topliss-reactive ketones (excluding diaryl/α,β-unsaturated/α-hetero) is 1. The van der Waals surface area contributed by atoms with Gasteiger partial charge in [-0.1, -0.05) is 66.5 Å². The van der Waals surface area contributed by atoms with E-state index in [4.69, 9.17) is 0 Å². The number of hydrogen-bond donors (Lipinski definition) is 2. The lowest BCUT2D eigenvalue weighted by Gasteiger charge is -2.57. The summed E-state index contributed by atoms with van der Waals surface area (Å²) in [6.45, 7) is 18.1. The molecule has 0 bridgehead atoms. The minimum atomic E-state index is -0.994. The van der Waals surface area contributed by atoms with E-state index in [2.05, 4.69) is 48.1 Å². The van der Waals surface area contributed by atoms with Crippen LogP contribution in [0.3, 0.4) is 0 Å². The molecule has 2 saturated carbocycles. The highest BCUT2D eigenvalue weighted by atomic mass is 16.3. The fraction of sp³-hybridized carbons (Fsp3) is 0.828. The molecule has 4 aliphatic rings. The van der Waals surface area contributed by atoms with E-state index in [-0.39, 0.29) is 22.5 Å². The van der Waals surface area contributed by atoms with Crippen molar-refractivity contribution >= 4 is 5.78 Å². The Kier molecular flexibility index (Phi) is 6.11. The third kappa shape index (κ3) is 3.32. The lowest BCUT2D eigenvalue weighted by Crippen LogP contribution is -2.57. The fourth-order valence-electron chi connectivity index (χ4n) is 8.22. The number of carbonyl (C=O) groups excluding carboxylic acids is 1. The Balaban J connectivity index is 1.66. The van der Waals surface area contributed by atoms with E-state index in [0.29, 0.717) is 37.0 Å². The Bertz CT molecular complexity index is 824. The first-order chi connectivity index (χ1) is 14.9. The maximum atomic E-state index is 13.6. The van der Waals surface area contributed by atoms with Crippen LogP contribution in [0.2, 0.25) is 0 Å². The predicted octanol–water partition coefficient (Wildman–Crippen LogP) is 6.24. The lowest BCUT2D eigenvalue weighted by atomic mass is 9.48. The molecule has 0 aromatic rings. The van der Waals surface area contributed by atoms with E-state index in [1.54, 1.807) is 0 Å². The van der Waals surface area contributed by atoms with Crippen molar-refractivity contribution in [3.8, 4) is 0 Å². The van der Waals surface area contributed by atoms with Gasteiger partial charge in [0.1, 0.15) is 0 Å². The van der Waals surface area contributed by atoms with Gasteiger partial charge in [0.05, 0.1) is 11.7 Å². The zero-order valence-corrected chi connectivity index (χ0v) is 21.3. The van der Waals surface area contributed by atoms with Gasteiger partial charge < -0.3 is 10.2 Å². The Labute approximate surface area is 195 Å². The van der Waals surface area contributed by atoms with Gasteiger partial charge in [0.25, 0.3) is 0 Å². The summed E-state index contributed by atoms with van der Waals surface area (Å²) in [6, 6.07) is 0. The number of allylic oxidation sites excluding steroid dienone is 1. The van der Waals surface area contributed by atoms with Gasteiger partial charge in [0.2, 0.25) is 0 Å². The molecular formula is C29H46O3. The highest BCUT2D eigenvalue weighted by Crippen LogP contribution is 2.67. The van der Waals surface area contributed by atoms with Crippen molar-refractivity contribution in [2.24, 2.45) is 40.4 Å². The number of carbonyl (C=O) groups is 1. The summed E-state index contributed by atoms with van der Waals surface area (Å²) in [5.74, 6) is 2.58. The minimum Gasteiger partial charge on any atom is -0.389 e. The SMILES string of the molecule is C=C1[C@@H](O)CC[C@]2(C)C3=C(C(=O)C[C@@H]12)[C@@]1(O)CC[C@H]([C@H](C)CC[C@@H](C)C(C)C)[C@@]1(C)CC3. The Morgan fingerprint density at radius 2 is 1.75 bits per heavy atom. The molecule has 2 fully saturated rings. The quantitative estimate of drug-likeness (QED) is 0.496. The minimum absolute atomic E-state index is 0.0131. The van der Waals surface area contributed by atoms with Crippen LogP contribution in [-0.2, 0) is 4.79 Å². The molecule has 0 aromatic heterocycles. The van der Waals surface area contributed by atoms with Crippen LogP contribution in [0.25, 0.3) is 0 Å². The Morgan fingerprint density at radius 3 is 2.41 bits per heavy atom. The molecule has 0 spiro atoms. The first kappa shape index (κ1) is 24.2. The van der Waals surface area contributed by atoms with Gasteiger partial charge in [-0.05, 0) is 79.1 Å². The third-order valence-corrected chi connectivity index (χ3v) is 11.0. The summed E-state index contributed by atoms with van der Waals surface area (Å²) < 4.78 is 0. The van der Waals surface area contributed by atoms with Gasteiger partial charge in [0.15, 0.2) is 5.78 Å². The second kappa shape index (κ2) is 8.08. The van der Waals surface area contributed by atoms with Gasteiger partial charge in [-0.2, -0.15) is 0 Å². The lowest BCUT2D eigenvalue weighted by molar-refractivity contribution is -0.128. The van der Waals surface area contributed by atoms with Gasteiger partial charge in [-0.25, -0.2) is 0 Å². The van der Waals surface area contributed by atoms with Crippen LogP contribution in [0.4, 0.5) is 0 Å². The van der Waals surface area contributed by atoms with Crippen molar-refractivity contribution in [3.05, 3.63) is 23.3 Å². The van der Waals surface area contributed by atoms with Crippen molar-refractivity contribution in [2.75, 3.05) is 0 Å². The largest absolute Gasteiger partial charge is 0.389 e. The molecule has 32 heavy (non-hydrogen) atoms. The highest BCUT2D eigenvalue weighted by molar-refractivity contribution is 6.00. The summed E-state index contributed by atoms with van der Waals surface area (Å²) in [5.41, 5.74) is 1.44. The van der Waals surface area contributed by atoms with Crippen LogP contribution < -0.4 is 0 Å².